The van der Waals surface area contributed by atoms with Crippen molar-refractivity contribution >= 4 is 23.2 Å². The molecule has 7 heteroatoms. The van der Waals surface area contributed by atoms with Crippen molar-refractivity contribution in [1.29, 1.82) is 0 Å². The van der Waals surface area contributed by atoms with Crippen LogP contribution in [0.2, 0.25) is 0 Å². The Kier molecular flexibility index (Phi) is 6.05. The van der Waals surface area contributed by atoms with Crippen molar-refractivity contribution in [3.63, 3.8) is 0 Å². The van der Waals surface area contributed by atoms with Crippen molar-refractivity contribution in [2.45, 2.75) is 0 Å². The van der Waals surface area contributed by atoms with Gasteiger partial charge in [0.2, 0.25) is 0 Å². The summed E-state index contributed by atoms with van der Waals surface area (Å²) < 4.78 is 12.4. The number of hydrogen-bond acceptors (Lipinski definition) is 5. The molecule has 0 aliphatic heterocycles. The van der Waals surface area contributed by atoms with E-state index in [9.17, 15) is 9.59 Å². The molecular formula is C19H18N2O4S. The van der Waals surface area contributed by atoms with Gasteiger partial charge in [0.05, 0.1) is 12.2 Å². The van der Waals surface area contributed by atoms with Crippen LogP contribution < -0.4 is 10.1 Å². The highest BCUT2D eigenvalue weighted by Gasteiger charge is 2.17. The van der Waals surface area contributed by atoms with Crippen LogP contribution in [-0.4, -0.2) is 36.2 Å². The summed E-state index contributed by atoms with van der Waals surface area (Å²) in [5, 5.41) is 4.47. The van der Waals surface area contributed by atoms with Crippen LogP contribution in [-0.2, 0) is 9.53 Å². The third kappa shape index (κ3) is 4.73. The van der Waals surface area contributed by atoms with Crippen LogP contribution >= 0.6 is 11.3 Å². The molecule has 0 spiro atoms. The molecule has 2 aromatic heterocycles. The largest absolute Gasteiger partial charge is 0.492 e. The number of nitrogens with zero attached hydrogens (tertiary/aromatic N) is 1. The van der Waals surface area contributed by atoms with Gasteiger partial charge in [0.15, 0.2) is 6.61 Å². The number of thiophene rings is 1. The minimum Gasteiger partial charge on any atom is -0.492 e. The van der Waals surface area contributed by atoms with Crippen LogP contribution in [0.15, 0.2) is 66.3 Å². The monoisotopic (exact) mass is 370 g/mol. The Balaban J connectivity index is 1.41. The molecule has 134 valence electrons. The van der Waals surface area contributed by atoms with E-state index in [1.54, 1.807) is 0 Å². The lowest BCUT2D eigenvalue weighted by molar-refractivity contribution is -0.124. The lowest BCUT2D eigenvalue weighted by Gasteiger charge is -2.08. The Morgan fingerprint density at radius 2 is 1.81 bits per heavy atom. The van der Waals surface area contributed by atoms with Gasteiger partial charge < -0.3 is 19.4 Å². The molecule has 0 bridgehead atoms. The van der Waals surface area contributed by atoms with Gasteiger partial charge in [0.1, 0.15) is 17.2 Å². The second-order valence-corrected chi connectivity index (χ2v) is 6.23. The summed E-state index contributed by atoms with van der Waals surface area (Å²) in [6.45, 7) is 0.346. The van der Waals surface area contributed by atoms with Gasteiger partial charge >= 0.3 is 5.97 Å². The van der Waals surface area contributed by atoms with E-state index in [0.717, 1.165) is 11.4 Å². The maximum absolute atomic E-state index is 12.2. The number of esters is 1. The number of hydrogen-bond donors (Lipinski definition) is 1. The van der Waals surface area contributed by atoms with Crippen molar-refractivity contribution in [2.75, 3.05) is 19.8 Å². The summed E-state index contributed by atoms with van der Waals surface area (Å²) in [7, 11) is 0. The first-order chi connectivity index (χ1) is 12.7. The molecule has 0 saturated carbocycles. The lowest BCUT2D eigenvalue weighted by Crippen LogP contribution is -2.32. The van der Waals surface area contributed by atoms with Gasteiger partial charge in [-0.05, 0) is 35.7 Å². The molecule has 1 amide bonds. The number of nitrogens with one attached hydrogen (secondary N) is 1. The predicted octanol–water partition coefficient (Wildman–Crippen LogP) is 2.89. The fourth-order valence-corrected chi connectivity index (χ4v) is 3.06. The number of para-hydroxylation sites is 1. The summed E-state index contributed by atoms with van der Waals surface area (Å²) in [6, 6.07) is 14.9. The zero-order valence-electron chi connectivity index (χ0n) is 14.0. The number of rotatable bonds is 8. The van der Waals surface area contributed by atoms with Crippen LogP contribution in [0.25, 0.3) is 5.69 Å². The smallest absolute Gasteiger partial charge is 0.350 e. The molecule has 0 fully saturated rings. The quantitative estimate of drug-likeness (QED) is 0.489. The van der Waals surface area contributed by atoms with Crippen molar-refractivity contribution in [2.24, 2.45) is 0 Å². The first-order valence-electron chi connectivity index (χ1n) is 8.06. The van der Waals surface area contributed by atoms with Gasteiger partial charge in [-0.1, -0.05) is 18.2 Å². The Morgan fingerprint density at radius 3 is 2.58 bits per heavy atom. The minimum absolute atomic E-state index is 0.326. The fourth-order valence-electron chi connectivity index (χ4n) is 2.28. The van der Waals surface area contributed by atoms with E-state index in [2.05, 4.69) is 5.32 Å². The summed E-state index contributed by atoms with van der Waals surface area (Å²) in [5.41, 5.74) is 0.738. The van der Waals surface area contributed by atoms with Crippen LogP contribution in [0.1, 0.15) is 9.67 Å². The van der Waals surface area contributed by atoms with Gasteiger partial charge in [0, 0.05) is 12.4 Å². The van der Waals surface area contributed by atoms with E-state index < -0.39 is 5.97 Å². The van der Waals surface area contributed by atoms with Crippen LogP contribution in [0.3, 0.4) is 0 Å². The van der Waals surface area contributed by atoms with E-state index in [0.29, 0.717) is 18.0 Å². The van der Waals surface area contributed by atoms with Crippen molar-refractivity contribution in [3.8, 4) is 11.4 Å². The predicted molar refractivity (Wildman–Crippen MR) is 98.9 cm³/mol. The number of carbonyl (C=O) groups is 2. The molecule has 0 aliphatic carbocycles. The highest BCUT2D eigenvalue weighted by Crippen LogP contribution is 2.22. The molecule has 1 N–H and O–H groups in total. The molecular weight excluding hydrogens is 352 g/mol. The van der Waals surface area contributed by atoms with Gasteiger partial charge in [-0.2, -0.15) is 0 Å². The van der Waals surface area contributed by atoms with Gasteiger partial charge in [-0.3, -0.25) is 4.79 Å². The second-order valence-electron chi connectivity index (χ2n) is 5.31. The molecule has 26 heavy (non-hydrogen) atoms. The fraction of sp³-hybridized carbons (Fsp3) is 0.158. The van der Waals surface area contributed by atoms with Gasteiger partial charge in [-0.25, -0.2) is 4.79 Å². The standard InChI is InChI=1S/C19H18N2O4S/c22-17(20-9-12-24-15-6-2-1-3-7-15)14-25-19(23)18-16(8-13-26-18)21-10-4-5-11-21/h1-8,10-11,13H,9,12,14H2,(H,20,22). The highest BCUT2D eigenvalue weighted by molar-refractivity contribution is 7.12. The van der Waals surface area contributed by atoms with Crippen molar-refractivity contribution in [3.05, 3.63) is 71.2 Å². The molecule has 2 heterocycles. The SMILES string of the molecule is O=C(COC(=O)c1sccc1-n1cccc1)NCCOc1ccccc1. The molecule has 3 rings (SSSR count). The number of carbonyl (C=O) groups excluding carboxylic acids is 2. The number of amides is 1. The Labute approximate surface area is 155 Å². The summed E-state index contributed by atoms with van der Waals surface area (Å²) in [6.07, 6.45) is 3.69. The number of benzene rings is 1. The topological polar surface area (TPSA) is 69.6 Å². The molecule has 0 aliphatic rings. The minimum atomic E-state index is -0.514. The third-order valence-electron chi connectivity index (χ3n) is 3.48. The Bertz CT molecular complexity index is 844. The first kappa shape index (κ1) is 17.8. The van der Waals surface area contributed by atoms with Gasteiger partial charge in [-0.15, -0.1) is 11.3 Å². The number of ether oxygens (including phenoxy) is 2. The molecule has 1 aromatic carbocycles. The van der Waals surface area contributed by atoms with Crippen LogP contribution in [0, 0.1) is 0 Å². The molecule has 6 nitrogen and oxygen atoms in total. The van der Waals surface area contributed by atoms with Crippen molar-refractivity contribution < 1.29 is 19.1 Å². The average molecular weight is 370 g/mol. The summed E-state index contributed by atoms with van der Waals surface area (Å²) >= 11 is 1.28. The number of aromatic nitrogens is 1. The second kappa shape index (κ2) is 8.87. The molecule has 0 unspecified atom stereocenters. The zero-order chi connectivity index (χ0) is 18.2. The van der Waals surface area contributed by atoms with E-state index in [1.165, 1.54) is 11.3 Å². The van der Waals surface area contributed by atoms with E-state index in [1.807, 2.05) is 70.9 Å². The zero-order valence-corrected chi connectivity index (χ0v) is 14.8. The average Bonchev–Trinajstić information content (AvgIpc) is 3.35. The molecule has 0 radical (unpaired) electrons. The first-order valence-corrected chi connectivity index (χ1v) is 8.94. The van der Waals surface area contributed by atoms with Crippen LogP contribution in [0.4, 0.5) is 0 Å². The van der Waals surface area contributed by atoms with E-state index in [-0.39, 0.29) is 12.5 Å². The lowest BCUT2D eigenvalue weighted by atomic mass is 10.3. The van der Waals surface area contributed by atoms with Crippen molar-refractivity contribution in [1.82, 2.24) is 9.88 Å². The Morgan fingerprint density at radius 1 is 1.04 bits per heavy atom. The molecule has 3 aromatic rings. The van der Waals surface area contributed by atoms with Crippen LogP contribution in [0.5, 0.6) is 5.75 Å². The molecule has 0 saturated heterocycles. The van der Waals surface area contributed by atoms with Gasteiger partial charge in [0.25, 0.3) is 5.91 Å². The summed E-state index contributed by atoms with van der Waals surface area (Å²) in [4.78, 5) is 24.5. The molecule has 0 atom stereocenters. The van der Waals surface area contributed by atoms with E-state index >= 15 is 0 Å². The summed E-state index contributed by atoms with van der Waals surface area (Å²) in [5.74, 6) is -0.142. The normalized spacial score (nSPS) is 10.3. The van der Waals surface area contributed by atoms with E-state index in [4.69, 9.17) is 9.47 Å². The maximum atomic E-state index is 12.2. The maximum Gasteiger partial charge on any atom is 0.350 e. The highest BCUT2D eigenvalue weighted by atomic mass is 32.1. The Hall–Kier alpha value is -3.06. The third-order valence-corrected chi connectivity index (χ3v) is 4.37.